The molecule has 1 amide bonds. The van der Waals surface area contributed by atoms with Crippen molar-refractivity contribution in [2.24, 2.45) is 5.92 Å². The molecule has 27 heavy (non-hydrogen) atoms. The minimum absolute atomic E-state index is 0.123. The van der Waals surface area contributed by atoms with Crippen molar-refractivity contribution in [2.75, 3.05) is 16.3 Å². The third-order valence-electron chi connectivity index (χ3n) is 4.12. The molecule has 0 fully saturated rings. The normalized spacial score (nSPS) is 11.6. The predicted molar refractivity (Wildman–Crippen MR) is 108 cm³/mol. The second kappa shape index (κ2) is 8.56. The van der Waals surface area contributed by atoms with Gasteiger partial charge in [0.25, 0.3) is 0 Å². The van der Waals surface area contributed by atoms with Gasteiger partial charge in [0.05, 0.1) is 17.6 Å². The lowest BCUT2D eigenvalue weighted by Gasteiger charge is -2.09. The quantitative estimate of drug-likeness (QED) is 0.722. The standard InChI is InChI=1S/C19H28N4O3S/c1-13(2)12-23-15(4)18(14(3)21-23)9-10-19(24)20-16-7-6-8-17(11-16)22-27(5,25)26/h6-8,11,13,22H,9-10,12H2,1-5H3,(H,20,24). The fourth-order valence-corrected chi connectivity index (χ4v) is 3.51. The number of nitrogens with one attached hydrogen (secondary N) is 2. The van der Waals surface area contributed by atoms with Gasteiger partial charge in [0.2, 0.25) is 15.9 Å². The van der Waals surface area contributed by atoms with Crippen LogP contribution >= 0.6 is 0 Å². The smallest absolute Gasteiger partial charge is 0.229 e. The number of rotatable bonds is 8. The number of benzene rings is 1. The van der Waals surface area contributed by atoms with Crippen molar-refractivity contribution >= 4 is 27.3 Å². The van der Waals surface area contributed by atoms with Gasteiger partial charge in [-0.1, -0.05) is 19.9 Å². The van der Waals surface area contributed by atoms with Crippen LogP contribution in [0.15, 0.2) is 24.3 Å². The second-order valence-corrected chi connectivity index (χ2v) is 8.98. The Kier molecular flexibility index (Phi) is 6.64. The fraction of sp³-hybridized carbons (Fsp3) is 0.474. The molecule has 0 spiro atoms. The Labute approximate surface area is 161 Å². The number of aryl methyl sites for hydroxylation is 1. The molecule has 2 N–H and O–H groups in total. The van der Waals surface area contributed by atoms with Crippen LogP contribution in [-0.4, -0.2) is 30.4 Å². The van der Waals surface area contributed by atoms with Gasteiger partial charge in [-0.05, 0) is 49.9 Å². The zero-order valence-corrected chi connectivity index (χ0v) is 17.4. The summed E-state index contributed by atoms with van der Waals surface area (Å²) in [5, 5.41) is 7.39. The van der Waals surface area contributed by atoms with Gasteiger partial charge in [-0.3, -0.25) is 14.2 Å². The number of aromatic nitrogens is 2. The summed E-state index contributed by atoms with van der Waals surface area (Å²) < 4.78 is 27.0. The molecule has 0 aliphatic carbocycles. The molecule has 1 aromatic carbocycles. The molecule has 0 unspecified atom stereocenters. The molecule has 0 bridgehead atoms. The molecule has 2 rings (SSSR count). The number of anilines is 2. The van der Waals surface area contributed by atoms with Crippen LogP contribution in [0, 0.1) is 19.8 Å². The summed E-state index contributed by atoms with van der Waals surface area (Å²) in [6, 6.07) is 6.64. The average molecular weight is 393 g/mol. The molecule has 8 heteroatoms. The number of hydrogen-bond acceptors (Lipinski definition) is 4. The second-order valence-electron chi connectivity index (χ2n) is 7.23. The minimum atomic E-state index is -3.36. The number of hydrogen-bond donors (Lipinski definition) is 2. The highest BCUT2D eigenvalue weighted by atomic mass is 32.2. The molecular weight excluding hydrogens is 364 g/mol. The van der Waals surface area contributed by atoms with Gasteiger partial charge in [-0.2, -0.15) is 5.10 Å². The van der Waals surface area contributed by atoms with Crippen LogP contribution in [0.4, 0.5) is 11.4 Å². The molecule has 0 saturated carbocycles. The van der Waals surface area contributed by atoms with Crippen LogP contribution in [0.5, 0.6) is 0 Å². The van der Waals surface area contributed by atoms with Gasteiger partial charge in [-0.25, -0.2) is 8.42 Å². The topological polar surface area (TPSA) is 93.1 Å². The molecule has 0 aliphatic rings. The van der Waals surface area contributed by atoms with E-state index in [0.29, 0.717) is 30.1 Å². The Morgan fingerprint density at radius 3 is 2.52 bits per heavy atom. The summed E-state index contributed by atoms with van der Waals surface area (Å²) in [5.74, 6) is 0.383. The zero-order chi connectivity index (χ0) is 20.2. The van der Waals surface area contributed by atoms with Gasteiger partial charge >= 0.3 is 0 Å². The van der Waals surface area contributed by atoms with Crippen LogP contribution in [0.25, 0.3) is 0 Å². The largest absolute Gasteiger partial charge is 0.326 e. The lowest BCUT2D eigenvalue weighted by Crippen LogP contribution is -2.14. The monoisotopic (exact) mass is 392 g/mol. The summed E-state index contributed by atoms with van der Waals surface area (Å²) in [5.41, 5.74) is 4.14. The van der Waals surface area contributed by atoms with Crippen molar-refractivity contribution in [1.82, 2.24) is 9.78 Å². The molecule has 148 valence electrons. The molecule has 0 atom stereocenters. The molecular formula is C19H28N4O3S. The lowest BCUT2D eigenvalue weighted by molar-refractivity contribution is -0.116. The molecule has 7 nitrogen and oxygen atoms in total. The number of carbonyl (C=O) groups excluding carboxylic acids is 1. The Morgan fingerprint density at radius 2 is 1.89 bits per heavy atom. The van der Waals surface area contributed by atoms with Gasteiger partial charge in [0, 0.05) is 24.3 Å². The highest BCUT2D eigenvalue weighted by Crippen LogP contribution is 2.19. The molecule has 0 saturated heterocycles. The van der Waals surface area contributed by atoms with Crippen molar-refractivity contribution in [3.8, 4) is 0 Å². The first kappa shape index (κ1) is 21.0. The summed E-state index contributed by atoms with van der Waals surface area (Å²) >= 11 is 0. The summed E-state index contributed by atoms with van der Waals surface area (Å²) in [6.07, 6.45) is 2.03. The summed E-state index contributed by atoms with van der Waals surface area (Å²) in [7, 11) is -3.36. The van der Waals surface area contributed by atoms with Gasteiger partial charge < -0.3 is 5.32 Å². The SMILES string of the molecule is Cc1nn(CC(C)C)c(C)c1CCC(=O)Nc1cccc(NS(C)(=O)=O)c1. The van der Waals surface area contributed by atoms with E-state index in [1.165, 1.54) is 0 Å². The van der Waals surface area contributed by atoms with Crippen molar-refractivity contribution in [2.45, 2.75) is 47.1 Å². The maximum absolute atomic E-state index is 12.3. The Balaban J connectivity index is 1.99. The van der Waals surface area contributed by atoms with E-state index in [9.17, 15) is 13.2 Å². The summed E-state index contributed by atoms with van der Waals surface area (Å²) in [4.78, 5) is 12.3. The Morgan fingerprint density at radius 1 is 1.22 bits per heavy atom. The molecule has 0 aliphatic heterocycles. The highest BCUT2D eigenvalue weighted by Gasteiger charge is 2.14. The van der Waals surface area contributed by atoms with Crippen LogP contribution in [0.1, 0.15) is 37.2 Å². The first-order valence-corrected chi connectivity index (χ1v) is 10.8. The summed E-state index contributed by atoms with van der Waals surface area (Å²) in [6.45, 7) is 9.17. The van der Waals surface area contributed by atoms with Crippen LogP contribution < -0.4 is 10.0 Å². The first-order chi connectivity index (χ1) is 12.5. The number of nitrogens with zero attached hydrogens (tertiary/aromatic N) is 2. The van der Waals surface area contributed by atoms with E-state index in [4.69, 9.17) is 0 Å². The molecule has 1 heterocycles. The average Bonchev–Trinajstić information content (AvgIpc) is 2.77. The maximum Gasteiger partial charge on any atom is 0.229 e. The lowest BCUT2D eigenvalue weighted by atomic mass is 10.1. The third kappa shape index (κ3) is 6.39. The van der Waals surface area contributed by atoms with Crippen LogP contribution in [0.3, 0.4) is 0 Å². The van der Waals surface area contributed by atoms with Crippen molar-refractivity contribution < 1.29 is 13.2 Å². The predicted octanol–water partition coefficient (Wildman–Crippen LogP) is 3.10. The number of sulfonamides is 1. The van der Waals surface area contributed by atoms with E-state index >= 15 is 0 Å². The molecule has 2 aromatic rings. The maximum atomic E-state index is 12.3. The van der Waals surface area contributed by atoms with Gasteiger partial charge in [0.15, 0.2) is 0 Å². The Bertz CT molecular complexity index is 917. The van der Waals surface area contributed by atoms with E-state index in [2.05, 4.69) is 29.0 Å². The van der Waals surface area contributed by atoms with Crippen molar-refractivity contribution in [3.63, 3.8) is 0 Å². The van der Waals surface area contributed by atoms with Crippen LogP contribution in [0.2, 0.25) is 0 Å². The first-order valence-electron chi connectivity index (χ1n) is 8.95. The van der Waals surface area contributed by atoms with E-state index in [0.717, 1.165) is 29.8 Å². The van der Waals surface area contributed by atoms with Crippen molar-refractivity contribution in [1.29, 1.82) is 0 Å². The fourth-order valence-electron chi connectivity index (χ4n) is 2.96. The number of amides is 1. The highest BCUT2D eigenvalue weighted by molar-refractivity contribution is 7.92. The van der Waals surface area contributed by atoms with E-state index in [1.54, 1.807) is 24.3 Å². The van der Waals surface area contributed by atoms with Crippen molar-refractivity contribution in [3.05, 3.63) is 41.2 Å². The Hall–Kier alpha value is -2.35. The zero-order valence-electron chi connectivity index (χ0n) is 16.5. The van der Waals surface area contributed by atoms with E-state index < -0.39 is 10.0 Å². The number of carbonyl (C=O) groups is 1. The van der Waals surface area contributed by atoms with Gasteiger partial charge in [-0.15, -0.1) is 0 Å². The van der Waals surface area contributed by atoms with Gasteiger partial charge in [0.1, 0.15) is 0 Å². The van der Waals surface area contributed by atoms with E-state index in [-0.39, 0.29) is 5.91 Å². The minimum Gasteiger partial charge on any atom is -0.326 e. The molecule has 0 radical (unpaired) electrons. The van der Waals surface area contributed by atoms with E-state index in [1.807, 2.05) is 18.5 Å². The molecule has 1 aromatic heterocycles. The van der Waals surface area contributed by atoms with Crippen LogP contribution in [-0.2, 0) is 27.8 Å². The third-order valence-corrected chi connectivity index (χ3v) is 4.73.